The van der Waals surface area contributed by atoms with Crippen LogP contribution in [0.3, 0.4) is 0 Å². The number of H-pyrrole nitrogens is 1. The van der Waals surface area contributed by atoms with E-state index in [9.17, 15) is 4.79 Å². The van der Waals surface area contributed by atoms with Crippen LogP contribution in [0.1, 0.15) is 42.5 Å². The SMILES string of the molecule is O=C(CC(Cn1cccc1)c1ccc(Cl)cc1)Nc1n[nH]c(C2CC2)n1. The van der Waals surface area contributed by atoms with Crippen molar-refractivity contribution in [2.75, 3.05) is 5.32 Å². The lowest BCUT2D eigenvalue weighted by Gasteiger charge is -2.18. The zero-order valence-corrected chi connectivity index (χ0v) is 15.0. The molecule has 1 unspecified atom stereocenters. The summed E-state index contributed by atoms with van der Waals surface area (Å²) in [4.78, 5) is 16.9. The van der Waals surface area contributed by atoms with E-state index in [4.69, 9.17) is 11.6 Å². The van der Waals surface area contributed by atoms with E-state index in [1.54, 1.807) is 0 Å². The Hall–Kier alpha value is -2.60. The molecular formula is C19H20ClN5O. The number of anilines is 1. The fraction of sp³-hybridized carbons (Fsp3) is 0.316. The van der Waals surface area contributed by atoms with Gasteiger partial charge in [0.1, 0.15) is 5.82 Å². The largest absolute Gasteiger partial charge is 0.354 e. The van der Waals surface area contributed by atoms with Gasteiger partial charge in [0.05, 0.1) is 0 Å². The molecule has 0 aliphatic heterocycles. The van der Waals surface area contributed by atoms with Gasteiger partial charge in [-0.1, -0.05) is 23.7 Å². The summed E-state index contributed by atoms with van der Waals surface area (Å²) in [5.41, 5.74) is 1.08. The highest BCUT2D eigenvalue weighted by atomic mass is 35.5. The molecule has 1 atom stereocenters. The highest BCUT2D eigenvalue weighted by Gasteiger charge is 2.27. The van der Waals surface area contributed by atoms with Crippen molar-refractivity contribution in [2.24, 2.45) is 0 Å². The van der Waals surface area contributed by atoms with Crippen LogP contribution in [0.4, 0.5) is 5.95 Å². The first-order valence-electron chi connectivity index (χ1n) is 8.76. The van der Waals surface area contributed by atoms with Gasteiger partial charge >= 0.3 is 0 Å². The van der Waals surface area contributed by atoms with E-state index in [0.717, 1.165) is 24.2 Å². The first kappa shape index (κ1) is 16.8. The third-order valence-electron chi connectivity index (χ3n) is 4.59. The van der Waals surface area contributed by atoms with E-state index in [1.165, 1.54) is 0 Å². The highest BCUT2D eigenvalue weighted by molar-refractivity contribution is 6.30. The first-order valence-corrected chi connectivity index (χ1v) is 9.13. The molecule has 134 valence electrons. The molecule has 7 heteroatoms. The van der Waals surface area contributed by atoms with Crippen molar-refractivity contribution in [2.45, 2.75) is 37.6 Å². The average Bonchev–Trinajstić information content (AvgIpc) is 3.15. The van der Waals surface area contributed by atoms with Gasteiger partial charge in [-0.25, -0.2) is 0 Å². The van der Waals surface area contributed by atoms with Gasteiger partial charge in [0.2, 0.25) is 11.9 Å². The lowest BCUT2D eigenvalue weighted by molar-refractivity contribution is -0.116. The number of nitrogens with one attached hydrogen (secondary N) is 2. The van der Waals surface area contributed by atoms with Crippen LogP contribution in [-0.2, 0) is 11.3 Å². The lowest BCUT2D eigenvalue weighted by Crippen LogP contribution is -2.19. The predicted molar refractivity (Wildman–Crippen MR) is 100 cm³/mol. The highest BCUT2D eigenvalue weighted by Crippen LogP contribution is 2.38. The summed E-state index contributed by atoms with van der Waals surface area (Å²) in [6, 6.07) is 11.6. The molecule has 6 nitrogen and oxygen atoms in total. The minimum Gasteiger partial charge on any atom is -0.354 e. The van der Waals surface area contributed by atoms with Gasteiger partial charge in [-0.3, -0.25) is 15.2 Å². The Bertz CT molecular complexity index is 868. The number of hydrogen-bond acceptors (Lipinski definition) is 3. The van der Waals surface area contributed by atoms with Crippen LogP contribution in [0.25, 0.3) is 0 Å². The Morgan fingerprint density at radius 1 is 1.27 bits per heavy atom. The van der Waals surface area contributed by atoms with Crippen LogP contribution in [-0.4, -0.2) is 25.7 Å². The van der Waals surface area contributed by atoms with Crippen molar-refractivity contribution in [1.29, 1.82) is 0 Å². The minimum absolute atomic E-state index is 0.0292. The standard InChI is InChI=1S/C19H20ClN5O/c20-16-7-5-13(6-8-16)15(12-25-9-1-2-10-25)11-17(26)21-19-22-18(23-24-19)14-3-4-14/h1-2,5-10,14-15H,3-4,11-12H2,(H2,21,22,23,24,26). The molecule has 2 aromatic heterocycles. The number of halogens is 1. The second kappa shape index (κ2) is 7.33. The van der Waals surface area contributed by atoms with Crippen LogP contribution in [0.15, 0.2) is 48.8 Å². The van der Waals surface area contributed by atoms with Crippen molar-refractivity contribution in [1.82, 2.24) is 19.7 Å². The maximum Gasteiger partial charge on any atom is 0.248 e. The Balaban J connectivity index is 1.45. The van der Waals surface area contributed by atoms with Gasteiger partial charge in [0.25, 0.3) is 0 Å². The van der Waals surface area contributed by atoms with Gasteiger partial charge < -0.3 is 4.57 Å². The molecule has 1 fully saturated rings. The molecule has 1 aliphatic rings. The molecule has 0 saturated heterocycles. The molecule has 2 N–H and O–H groups in total. The van der Waals surface area contributed by atoms with Gasteiger partial charge in [0.15, 0.2) is 0 Å². The van der Waals surface area contributed by atoms with Crippen LogP contribution in [0.5, 0.6) is 0 Å². The van der Waals surface area contributed by atoms with Crippen LogP contribution in [0, 0.1) is 0 Å². The molecule has 0 spiro atoms. The fourth-order valence-electron chi connectivity index (χ4n) is 3.04. The number of carbonyl (C=O) groups is 1. The number of aromatic amines is 1. The summed E-state index contributed by atoms with van der Waals surface area (Å²) in [5.74, 6) is 1.62. The van der Waals surface area contributed by atoms with Gasteiger partial charge in [-0.2, -0.15) is 4.98 Å². The van der Waals surface area contributed by atoms with Crippen molar-refractivity contribution >= 4 is 23.5 Å². The summed E-state index contributed by atoms with van der Waals surface area (Å²) < 4.78 is 2.07. The van der Waals surface area contributed by atoms with Crippen LogP contribution in [0.2, 0.25) is 5.02 Å². The number of benzene rings is 1. The second-order valence-corrected chi connectivity index (χ2v) is 7.14. The Labute approximate surface area is 156 Å². The lowest BCUT2D eigenvalue weighted by atomic mass is 9.95. The topological polar surface area (TPSA) is 75.6 Å². The monoisotopic (exact) mass is 369 g/mol. The minimum atomic E-state index is -0.0987. The zero-order chi connectivity index (χ0) is 17.9. The van der Waals surface area contributed by atoms with E-state index in [-0.39, 0.29) is 11.8 Å². The molecule has 1 saturated carbocycles. The number of hydrogen-bond donors (Lipinski definition) is 2. The smallest absolute Gasteiger partial charge is 0.248 e. The van der Waals surface area contributed by atoms with Crippen molar-refractivity contribution in [3.8, 4) is 0 Å². The number of carbonyl (C=O) groups excluding carboxylic acids is 1. The molecule has 1 aliphatic carbocycles. The molecule has 3 aromatic rings. The summed E-state index contributed by atoms with van der Waals surface area (Å²) >= 11 is 6.00. The molecule has 2 heterocycles. The van der Waals surface area contributed by atoms with Crippen LogP contribution >= 0.6 is 11.6 Å². The average molecular weight is 370 g/mol. The zero-order valence-electron chi connectivity index (χ0n) is 14.2. The molecule has 4 rings (SSSR count). The van der Waals surface area contributed by atoms with E-state index in [2.05, 4.69) is 25.1 Å². The quantitative estimate of drug-likeness (QED) is 0.662. The fourth-order valence-corrected chi connectivity index (χ4v) is 3.16. The third kappa shape index (κ3) is 4.14. The molecule has 0 radical (unpaired) electrons. The third-order valence-corrected chi connectivity index (χ3v) is 4.84. The maximum atomic E-state index is 12.5. The summed E-state index contributed by atoms with van der Waals surface area (Å²) in [7, 11) is 0. The van der Waals surface area contributed by atoms with Crippen molar-refractivity contribution in [3.63, 3.8) is 0 Å². The van der Waals surface area contributed by atoms with Gasteiger partial charge in [0, 0.05) is 42.2 Å². The van der Waals surface area contributed by atoms with Crippen molar-refractivity contribution < 1.29 is 4.79 Å². The van der Waals surface area contributed by atoms with Gasteiger partial charge in [-0.15, -0.1) is 5.10 Å². The summed E-state index contributed by atoms with van der Waals surface area (Å²) in [6.45, 7) is 0.712. The van der Waals surface area contributed by atoms with E-state index >= 15 is 0 Å². The Morgan fingerprint density at radius 2 is 2.00 bits per heavy atom. The number of rotatable bonds is 7. The van der Waals surface area contributed by atoms with E-state index < -0.39 is 0 Å². The molecule has 1 amide bonds. The second-order valence-electron chi connectivity index (χ2n) is 6.70. The van der Waals surface area contributed by atoms with E-state index in [0.29, 0.717) is 29.9 Å². The summed E-state index contributed by atoms with van der Waals surface area (Å²) in [5, 5.41) is 10.5. The number of aromatic nitrogens is 4. The number of amides is 1. The summed E-state index contributed by atoms with van der Waals surface area (Å²) in [6.07, 6.45) is 6.61. The normalized spacial score (nSPS) is 15.0. The number of nitrogens with zero attached hydrogens (tertiary/aromatic N) is 3. The van der Waals surface area contributed by atoms with Crippen LogP contribution < -0.4 is 5.32 Å². The molecular weight excluding hydrogens is 350 g/mol. The van der Waals surface area contributed by atoms with E-state index in [1.807, 2.05) is 48.8 Å². The molecule has 0 bridgehead atoms. The maximum absolute atomic E-state index is 12.5. The Kier molecular flexibility index (Phi) is 4.75. The predicted octanol–water partition coefficient (Wildman–Crippen LogP) is 3.95. The molecule has 1 aromatic carbocycles. The molecule has 26 heavy (non-hydrogen) atoms. The first-order chi connectivity index (χ1) is 12.7. The Morgan fingerprint density at radius 3 is 2.69 bits per heavy atom. The van der Waals surface area contributed by atoms with Gasteiger partial charge in [-0.05, 0) is 42.7 Å². The van der Waals surface area contributed by atoms with Crippen molar-refractivity contribution in [3.05, 3.63) is 65.2 Å².